The second kappa shape index (κ2) is 11.1. The summed E-state index contributed by atoms with van der Waals surface area (Å²) in [5.74, 6) is 1.62. The molecule has 0 bridgehead atoms. The number of halogens is 1. The third-order valence-corrected chi connectivity index (χ3v) is 7.78. The van der Waals surface area contributed by atoms with Crippen LogP contribution in [0.4, 0.5) is 10.1 Å². The van der Waals surface area contributed by atoms with Crippen molar-refractivity contribution >= 4 is 22.7 Å². The molecule has 1 saturated heterocycles. The first-order valence-electron chi connectivity index (χ1n) is 13.8. The van der Waals surface area contributed by atoms with Crippen molar-refractivity contribution < 1.29 is 23.8 Å². The molecule has 0 spiro atoms. The third-order valence-electron chi connectivity index (χ3n) is 7.78. The lowest BCUT2D eigenvalue weighted by atomic mass is 9.87. The number of anilines is 1. The monoisotopic (exact) mass is 528 g/mol. The van der Waals surface area contributed by atoms with Crippen LogP contribution >= 0.6 is 0 Å². The number of phenols is 1. The number of carbonyl (C=O) groups excluding carboxylic acids is 1. The maximum atomic E-state index is 12.5. The van der Waals surface area contributed by atoms with E-state index in [0.29, 0.717) is 17.9 Å². The van der Waals surface area contributed by atoms with Gasteiger partial charge in [0.1, 0.15) is 23.4 Å². The summed E-state index contributed by atoms with van der Waals surface area (Å²) in [6.07, 6.45) is 4.29. The lowest BCUT2D eigenvalue weighted by Gasteiger charge is -2.21. The van der Waals surface area contributed by atoms with E-state index in [0.717, 1.165) is 78.9 Å². The molecule has 0 radical (unpaired) electrons. The number of nitrogens with zero attached hydrogens (tertiary/aromatic N) is 1. The molecule has 1 amide bonds. The van der Waals surface area contributed by atoms with E-state index >= 15 is 0 Å². The number of alkyl halides is 1. The largest absolute Gasteiger partial charge is 0.508 e. The van der Waals surface area contributed by atoms with Crippen molar-refractivity contribution in [1.82, 2.24) is 4.90 Å². The summed E-state index contributed by atoms with van der Waals surface area (Å²) < 4.78 is 24.4. The fourth-order valence-electron chi connectivity index (χ4n) is 5.94. The highest BCUT2D eigenvalue weighted by molar-refractivity contribution is 6.01. The Bertz CT molecular complexity index is 1400. The average molecular weight is 529 g/mol. The van der Waals surface area contributed by atoms with Crippen LogP contribution in [0.2, 0.25) is 0 Å². The summed E-state index contributed by atoms with van der Waals surface area (Å²) >= 11 is 0. The zero-order valence-corrected chi connectivity index (χ0v) is 21.9. The fraction of sp³-hybridized carbons (Fsp3) is 0.344. The van der Waals surface area contributed by atoms with E-state index in [9.17, 15) is 14.3 Å². The second-order valence-corrected chi connectivity index (χ2v) is 10.5. The smallest absolute Gasteiger partial charge is 0.262 e. The number of amides is 1. The van der Waals surface area contributed by atoms with Crippen molar-refractivity contribution in [3.63, 3.8) is 0 Å². The first-order chi connectivity index (χ1) is 19.1. The quantitative estimate of drug-likeness (QED) is 0.404. The molecule has 0 unspecified atom stereocenters. The van der Waals surface area contributed by atoms with Crippen LogP contribution in [-0.4, -0.2) is 54.9 Å². The predicted octanol–water partition coefficient (Wildman–Crippen LogP) is 5.83. The minimum atomic E-state index is -0.280. The van der Waals surface area contributed by atoms with E-state index in [4.69, 9.17) is 9.47 Å². The van der Waals surface area contributed by atoms with Crippen LogP contribution in [-0.2, 0) is 11.2 Å². The van der Waals surface area contributed by atoms with Gasteiger partial charge in [-0.1, -0.05) is 24.3 Å². The van der Waals surface area contributed by atoms with Crippen LogP contribution in [0.25, 0.3) is 11.1 Å². The van der Waals surface area contributed by atoms with Crippen molar-refractivity contribution in [3.05, 3.63) is 82.9 Å². The summed E-state index contributed by atoms with van der Waals surface area (Å²) in [5, 5.41) is 13.1. The minimum Gasteiger partial charge on any atom is -0.508 e. The summed E-state index contributed by atoms with van der Waals surface area (Å²) in [5.41, 5.74) is 7.33. The molecule has 1 atom stereocenters. The number of benzene rings is 3. The van der Waals surface area contributed by atoms with E-state index in [1.165, 1.54) is 5.57 Å². The number of aromatic hydroxyl groups is 1. The first kappa shape index (κ1) is 25.4. The normalized spacial score (nSPS) is 19.1. The van der Waals surface area contributed by atoms with Crippen molar-refractivity contribution in [3.8, 4) is 17.2 Å². The van der Waals surface area contributed by atoms with Crippen LogP contribution < -0.4 is 14.8 Å². The number of ether oxygens (including phenoxy) is 2. The van der Waals surface area contributed by atoms with Gasteiger partial charge in [0.25, 0.3) is 5.91 Å². The van der Waals surface area contributed by atoms with Crippen LogP contribution in [0, 0.1) is 0 Å². The molecule has 6 nitrogen and oxygen atoms in total. The van der Waals surface area contributed by atoms with Gasteiger partial charge >= 0.3 is 0 Å². The van der Waals surface area contributed by atoms with E-state index in [2.05, 4.69) is 28.4 Å². The zero-order valence-electron chi connectivity index (χ0n) is 21.9. The molecule has 39 heavy (non-hydrogen) atoms. The first-order valence-corrected chi connectivity index (χ1v) is 13.8. The summed E-state index contributed by atoms with van der Waals surface area (Å²) in [7, 11) is 0. The summed E-state index contributed by atoms with van der Waals surface area (Å²) in [4.78, 5) is 14.2. The van der Waals surface area contributed by atoms with Gasteiger partial charge in [-0.05, 0) is 102 Å². The van der Waals surface area contributed by atoms with E-state index in [-0.39, 0.29) is 31.0 Å². The van der Waals surface area contributed by atoms with E-state index in [1.807, 2.05) is 36.4 Å². The topological polar surface area (TPSA) is 71.0 Å². The van der Waals surface area contributed by atoms with Gasteiger partial charge in [0.2, 0.25) is 0 Å². The highest BCUT2D eigenvalue weighted by Gasteiger charge is 2.25. The number of aryl methyl sites for hydroxylation is 1. The van der Waals surface area contributed by atoms with Crippen LogP contribution in [0.15, 0.2) is 60.7 Å². The Morgan fingerprint density at radius 2 is 1.90 bits per heavy atom. The number of fused-ring (bicyclic) bond motifs is 2. The number of allylic oxidation sites excluding steroid dienone is 1. The van der Waals surface area contributed by atoms with Gasteiger partial charge in [0.05, 0.1) is 12.4 Å². The van der Waals surface area contributed by atoms with Gasteiger partial charge in [-0.25, -0.2) is 0 Å². The Kier molecular flexibility index (Phi) is 7.24. The van der Waals surface area contributed by atoms with E-state index in [1.54, 1.807) is 6.07 Å². The van der Waals surface area contributed by atoms with Crippen LogP contribution in [0.5, 0.6) is 17.2 Å². The molecule has 3 aromatic carbocycles. The van der Waals surface area contributed by atoms with Crippen LogP contribution in [0.3, 0.4) is 0 Å². The Balaban J connectivity index is 1.35. The Labute approximate surface area is 228 Å². The number of carbonyl (C=O) groups is 1. The average Bonchev–Trinajstić information content (AvgIpc) is 3.30. The van der Waals surface area contributed by atoms with Crippen molar-refractivity contribution in [2.45, 2.75) is 38.2 Å². The molecule has 2 N–H and O–H groups in total. The lowest BCUT2D eigenvalue weighted by Crippen LogP contribution is -2.26. The number of hydrogen-bond acceptors (Lipinski definition) is 5. The molecule has 3 aromatic rings. The number of rotatable bonds is 7. The highest BCUT2D eigenvalue weighted by atomic mass is 19.1. The summed E-state index contributed by atoms with van der Waals surface area (Å²) in [6.45, 7) is 2.29. The number of nitrogens with one attached hydrogen (secondary N) is 1. The lowest BCUT2D eigenvalue weighted by molar-refractivity contribution is -0.118. The standard InChI is InChI=1S/C32H33FN2O4/c33-14-2-15-35-16-13-26(19-35)39-25-9-5-21(6-10-25)32-27(4-1-3-22-17-24(36)8-11-28(22)32)23-7-12-30-29(18-23)34-31(37)20-38-30/h5-12,17-18,26,36H,1-4,13-16,19-20H2,(H,34,37)/t26-/m0/s1. The van der Waals surface area contributed by atoms with Gasteiger partial charge in [-0.3, -0.25) is 14.1 Å². The maximum Gasteiger partial charge on any atom is 0.262 e. The molecule has 1 aliphatic carbocycles. The minimum absolute atomic E-state index is 0.0299. The Morgan fingerprint density at radius 3 is 2.74 bits per heavy atom. The number of likely N-dealkylation sites (tertiary alicyclic amines) is 1. The van der Waals surface area contributed by atoms with Crippen LogP contribution in [0.1, 0.15) is 47.9 Å². The van der Waals surface area contributed by atoms with Crippen molar-refractivity contribution in [2.24, 2.45) is 0 Å². The Morgan fingerprint density at radius 1 is 1.05 bits per heavy atom. The molecule has 6 rings (SSSR count). The molecular formula is C32H33FN2O4. The van der Waals surface area contributed by atoms with Crippen molar-refractivity contribution in [2.75, 3.05) is 38.2 Å². The molecule has 1 fully saturated rings. The number of hydrogen-bond donors (Lipinski definition) is 2. The molecule has 3 aliphatic rings. The van der Waals surface area contributed by atoms with Gasteiger partial charge < -0.3 is 19.9 Å². The van der Waals surface area contributed by atoms with Gasteiger partial charge in [-0.15, -0.1) is 0 Å². The zero-order chi connectivity index (χ0) is 26.8. The number of phenolic OH excluding ortho intramolecular Hbond substituents is 1. The molecular weight excluding hydrogens is 495 g/mol. The molecule has 0 aromatic heterocycles. The predicted molar refractivity (Wildman–Crippen MR) is 150 cm³/mol. The maximum absolute atomic E-state index is 12.5. The molecule has 2 heterocycles. The SMILES string of the molecule is O=C1COc2ccc(C3=C(c4ccc(O[C@H]5CCN(CCCF)C5)cc4)c4ccc(O)cc4CCC3)cc2N1. The fourth-order valence-corrected chi connectivity index (χ4v) is 5.94. The van der Waals surface area contributed by atoms with E-state index < -0.39 is 0 Å². The highest BCUT2D eigenvalue weighted by Crippen LogP contribution is 2.42. The summed E-state index contributed by atoms with van der Waals surface area (Å²) in [6, 6.07) is 19.9. The Hall–Kier alpha value is -3.84. The second-order valence-electron chi connectivity index (χ2n) is 10.5. The van der Waals surface area contributed by atoms with Crippen molar-refractivity contribution in [1.29, 1.82) is 0 Å². The third kappa shape index (κ3) is 5.50. The molecule has 0 saturated carbocycles. The van der Waals surface area contributed by atoms with Gasteiger partial charge in [0, 0.05) is 19.6 Å². The van der Waals surface area contributed by atoms with Gasteiger partial charge in [-0.2, -0.15) is 0 Å². The molecule has 202 valence electrons. The van der Waals surface area contributed by atoms with Gasteiger partial charge in [0.15, 0.2) is 6.61 Å². The molecule has 7 heteroatoms. The molecule has 2 aliphatic heterocycles.